The molecule has 0 fully saturated rings. The van der Waals surface area contributed by atoms with Crippen molar-refractivity contribution in [2.75, 3.05) is 18.1 Å². The van der Waals surface area contributed by atoms with Gasteiger partial charge in [-0.15, -0.1) is 0 Å². The highest BCUT2D eigenvalue weighted by atomic mass is 79.9. The standard InChI is InChI=1S/C14H21BrFNS/c1-3-8-18-10-12(17-4-2)9-11-6-5-7-13(16)14(11)15/h5-7,12,17H,3-4,8-10H2,1-2H3. The first-order chi connectivity index (χ1) is 8.69. The number of likely N-dealkylation sites (N-methyl/N-ethyl adjacent to an activating group) is 1. The van der Waals surface area contributed by atoms with Crippen molar-refractivity contribution >= 4 is 27.7 Å². The first-order valence-corrected chi connectivity index (χ1v) is 8.37. The lowest BCUT2D eigenvalue weighted by molar-refractivity contribution is 0.565. The van der Waals surface area contributed by atoms with E-state index in [0.29, 0.717) is 10.5 Å². The number of hydrogen-bond acceptors (Lipinski definition) is 2. The summed E-state index contributed by atoms with van der Waals surface area (Å²) in [5.41, 5.74) is 1.04. The van der Waals surface area contributed by atoms with Gasteiger partial charge in [0.05, 0.1) is 4.47 Å². The fourth-order valence-corrected chi connectivity index (χ4v) is 3.22. The van der Waals surface area contributed by atoms with Crippen LogP contribution < -0.4 is 5.32 Å². The Morgan fingerprint density at radius 3 is 2.83 bits per heavy atom. The number of benzene rings is 1. The molecule has 1 aromatic rings. The molecule has 0 bridgehead atoms. The fraction of sp³-hybridized carbons (Fsp3) is 0.571. The SMILES string of the molecule is CCCSCC(Cc1cccc(F)c1Br)NCC. The third-order valence-electron chi connectivity index (χ3n) is 2.66. The van der Waals surface area contributed by atoms with Crippen LogP contribution in [0.1, 0.15) is 25.8 Å². The second-order valence-electron chi connectivity index (χ2n) is 4.25. The summed E-state index contributed by atoms with van der Waals surface area (Å²) < 4.78 is 14.1. The molecule has 18 heavy (non-hydrogen) atoms. The number of nitrogens with one attached hydrogen (secondary N) is 1. The molecule has 0 aliphatic rings. The first-order valence-electron chi connectivity index (χ1n) is 6.43. The quantitative estimate of drug-likeness (QED) is 0.713. The summed E-state index contributed by atoms with van der Waals surface area (Å²) in [7, 11) is 0. The maximum absolute atomic E-state index is 13.4. The highest BCUT2D eigenvalue weighted by Gasteiger charge is 2.12. The van der Waals surface area contributed by atoms with E-state index < -0.39 is 0 Å². The van der Waals surface area contributed by atoms with Crippen LogP contribution in [0.3, 0.4) is 0 Å². The Labute approximate surface area is 122 Å². The van der Waals surface area contributed by atoms with Crippen molar-refractivity contribution in [1.82, 2.24) is 5.32 Å². The molecule has 0 aliphatic carbocycles. The summed E-state index contributed by atoms with van der Waals surface area (Å²) in [4.78, 5) is 0. The Hall–Kier alpha value is -0.0600. The first kappa shape index (κ1) is 16.0. The lowest BCUT2D eigenvalue weighted by Crippen LogP contribution is -2.33. The average molecular weight is 334 g/mol. The van der Waals surface area contributed by atoms with Gasteiger partial charge in [-0.05, 0) is 52.7 Å². The maximum atomic E-state index is 13.4. The lowest BCUT2D eigenvalue weighted by atomic mass is 10.1. The van der Waals surface area contributed by atoms with E-state index >= 15 is 0 Å². The smallest absolute Gasteiger partial charge is 0.137 e. The Bertz CT molecular complexity index is 360. The molecule has 1 aromatic carbocycles. The van der Waals surface area contributed by atoms with E-state index in [4.69, 9.17) is 0 Å². The van der Waals surface area contributed by atoms with Gasteiger partial charge < -0.3 is 5.32 Å². The fourth-order valence-electron chi connectivity index (χ4n) is 1.82. The monoisotopic (exact) mass is 333 g/mol. The van der Waals surface area contributed by atoms with Crippen LogP contribution in [0.4, 0.5) is 4.39 Å². The van der Waals surface area contributed by atoms with Crippen molar-refractivity contribution < 1.29 is 4.39 Å². The summed E-state index contributed by atoms with van der Waals surface area (Å²) >= 11 is 5.29. The number of halogens is 2. The van der Waals surface area contributed by atoms with E-state index in [9.17, 15) is 4.39 Å². The molecule has 1 N–H and O–H groups in total. The van der Waals surface area contributed by atoms with Gasteiger partial charge >= 0.3 is 0 Å². The van der Waals surface area contributed by atoms with Crippen LogP contribution in [0.15, 0.2) is 22.7 Å². The number of hydrogen-bond donors (Lipinski definition) is 1. The van der Waals surface area contributed by atoms with E-state index in [1.807, 2.05) is 17.8 Å². The van der Waals surface area contributed by atoms with Crippen molar-refractivity contribution in [3.63, 3.8) is 0 Å². The Morgan fingerprint density at radius 1 is 1.39 bits per heavy atom. The summed E-state index contributed by atoms with van der Waals surface area (Å²) in [6, 6.07) is 5.66. The van der Waals surface area contributed by atoms with E-state index in [1.165, 1.54) is 18.2 Å². The van der Waals surface area contributed by atoms with Crippen molar-refractivity contribution in [2.45, 2.75) is 32.7 Å². The largest absolute Gasteiger partial charge is 0.313 e. The van der Waals surface area contributed by atoms with E-state index in [2.05, 4.69) is 35.1 Å². The van der Waals surface area contributed by atoms with Gasteiger partial charge in [-0.25, -0.2) is 4.39 Å². The third-order valence-corrected chi connectivity index (χ3v) is 4.88. The highest BCUT2D eigenvalue weighted by Crippen LogP contribution is 2.22. The maximum Gasteiger partial charge on any atom is 0.137 e. The van der Waals surface area contributed by atoms with Crippen LogP contribution in [0.5, 0.6) is 0 Å². The summed E-state index contributed by atoms with van der Waals surface area (Å²) in [6.07, 6.45) is 2.07. The second kappa shape index (κ2) is 8.94. The predicted octanol–water partition coefficient (Wildman–Crippen LogP) is 4.25. The van der Waals surface area contributed by atoms with Crippen molar-refractivity contribution in [3.05, 3.63) is 34.1 Å². The van der Waals surface area contributed by atoms with Gasteiger partial charge in [-0.3, -0.25) is 0 Å². The van der Waals surface area contributed by atoms with Crippen molar-refractivity contribution in [2.24, 2.45) is 0 Å². The molecule has 4 heteroatoms. The molecule has 0 heterocycles. The molecule has 1 unspecified atom stereocenters. The summed E-state index contributed by atoms with van der Waals surface area (Å²) in [5, 5.41) is 3.47. The summed E-state index contributed by atoms with van der Waals surface area (Å²) in [6.45, 7) is 5.25. The van der Waals surface area contributed by atoms with Crippen LogP contribution in [0, 0.1) is 5.82 Å². The highest BCUT2D eigenvalue weighted by molar-refractivity contribution is 9.10. The molecule has 102 valence electrons. The minimum atomic E-state index is -0.177. The van der Waals surface area contributed by atoms with Crippen molar-refractivity contribution in [1.29, 1.82) is 0 Å². The van der Waals surface area contributed by atoms with E-state index in [0.717, 1.165) is 24.3 Å². The molecule has 0 radical (unpaired) electrons. The zero-order valence-electron chi connectivity index (χ0n) is 11.0. The van der Waals surface area contributed by atoms with Crippen LogP contribution in [-0.4, -0.2) is 24.1 Å². The zero-order valence-corrected chi connectivity index (χ0v) is 13.4. The molecule has 1 nitrogen and oxygen atoms in total. The minimum absolute atomic E-state index is 0.177. The molecule has 0 aromatic heterocycles. The van der Waals surface area contributed by atoms with Crippen molar-refractivity contribution in [3.8, 4) is 0 Å². The van der Waals surface area contributed by atoms with Gasteiger partial charge in [-0.2, -0.15) is 11.8 Å². The Balaban J connectivity index is 2.61. The zero-order chi connectivity index (χ0) is 13.4. The molecule has 1 rings (SSSR count). The predicted molar refractivity (Wildman–Crippen MR) is 82.9 cm³/mol. The third kappa shape index (κ3) is 5.29. The number of rotatable bonds is 8. The minimum Gasteiger partial charge on any atom is -0.313 e. The molecule has 0 spiro atoms. The Morgan fingerprint density at radius 2 is 2.17 bits per heavy atom. The van der Waals surface area contributed by atoms with Gasteiger partial charge in [0.2, 0.25) is 0 Å². The van der Waals surface area contributed by atoms with Gasteiger partial charge in [0.1, 0.15) is 5.82 Å². The lowest BCUT2D eigenvalue weighted by Gasteiger charge is -2.18. The van der Waals surface area contributed by atoms with Crippen LogP contribution >= 0.6 is 27.7 Å². The van der Waals surface area contributed by atoms with Crippen LogP contribution in [0.25, 0.3) is 0 Å². The second-order valence-corrected chi connectivity index (χ2v) is 6.19. The van der Waals surface area contributed by atoms with E-state index in [1.54, 1.807) is 6.07 Å². The normalized spacial score (nSPS) is 12.7. The average Bonchev–Trinajstić information content (AvgIpc) is 2.35. The molecule has 0 aliphatic heterocycles. The molecule has 0 saturated carbocycles. The molecular weight excluding hydrogens is 313 g/mol. The van der Waals surface area contributed by atoms with Gasteiger partial charge in [0.15, 0.2) is 0 Å². The Kier molecular flexibility index (Phi) is 7.95. The van der Waals surface area contributed by atoms with Gasteiger partial charge in [0, 0.05) is 11.8 Å². The topological polar surface area (TPSA) is 12.0 Å². The van der Waals surface area contributed by atoms with E-state index in [-0.39, 0.29) is 5.82 Å². The van der Waals surface area contributed by atoms with Gasteiger partial charge in [0.25, 0.3) is 0 Å². The van der Waals surface area contributed by atoms with Gasteiger partial charge in [-0.1, -0.05) is 26.0 Å². The molecule has 0 saturated heterocycles. The molecular formula is C14H21BrFNS. The summed E-state index contributed by atoms with van der Waals surface area (Å²) in [5.74, 6) is 2.08. The number of thioether (sulfide) groups is 1. The van der Waals surface area contributed by atoms with Crippen LogP contribution in [0.2, 0.25) is 0 Å². The molecule has 1 atom stereocenters. The van der Waals surface area contributed by atoms with Crippen LogP contribution in [-0.2, 0) is 6.42 Å². The molecule has 0 amide bonds.